The van der Waals surface area contributed by atoms with E-state index in [2.05, 4.69) is 52.8 Å². The zero-order valence-corrected chi connectivity index (χ0v) is 13.8. The molecule has 7 heteroatoms. The number of nitrogens with zero attached hydrogens (tertiary/aromatic N) is 1. The van der Waals surface area contributed by atoms with Gasteiger partial charge in [-0.3, -0.25) is 14.3 Å². The van der Waals surface area contributed by atoms with Crippen molar-refractivity contribution in [1.82, 2.24) is 9.55 Å². The summed E-state index contributed by atoms with van der Waals surface area (Å²) in [5, 5.41) is 0. The number of aromatic nitrogens is 2. The van der Waals surface area contributed by atoms with Crippen LogP contribution in [0.15, 0.2) is 42.6 Å². The first-order chi connectivity index (χ1) is 7.99. The van der Waals surface area contributed by atoms with Crippen LogP contribution < -0.4 is 5.56 Å². The second-order valence-electron chi connectivity index (χ2n) is 3.20. The summed E-state index contributed by atoms with van der Waals surface area (Å²) >= 11 is 15.5. The van der Waals surface area contributed by atoms with E-state index in [0.29, 0.717) is 4.77 Å². The van der Waals surface area contributed by atoms with Gasteiger partial charge in [-0.2, -0.15) is 0 Å². The standard InChI is InChI=1S/C10H5Br3N2OS/c11-5-3-6(12)9(7(13)4-5)15-2-1-8(16)14-10(15)17/h1-4H,(H,14,16,17). The Morgan fingerprint density at radius 3 is 2.29 bits per heavy atom. The first kappa shape index (κ1) is 13.2. The van der Waals surface area contributed by atoms with Crippen LogP contribution in [0.2, 0.25) is 0 Å². The second kappa shape index (κ2) is 5.17. The lowest BCUT2D eigenvalue weighted by molar-refractivity contribution is 0.928. The van der Waals surface area contributed by atoms with E-state index in [1.165, 1.54) is 6.07 Å². The molecule has 0 aliphatic rings. The highest BCUT2D eigenvalue weighted by Gasteiger charge is 2.09. The van der Waals surface area contributed by atoms with Crippen molar-refractivity contribution in [2.24, 2.45) is 0 Å². The topological polar surface area (TPSA) is 37.8 Å². The largest absolute Gasteiger partial charge is 0.299 e. The van der Waals surface area contributed by atoms with Gasteiger partial charge in [0.25, 0.3) is 5.56 Å². The lowest BCUT2D eigenvalue weighted by atomic mass is 10.3. The zero-order valence-electron chi connectivity index (χ0n) is 8.21. The highest BCUT2D eigenvalue weighted by molar-refractivity contribution is 9.11. The number of benzene rings is 1. The molecule has 0 bridgehead atoms. The van der Waals surface area contributed by atoms with E-state index in [1.54, 1.807) is 10.8 Å². The summed E-state index contributed by atoms with van der Waals surface area (Å²) in [7, 11) is 0. The van der Waals surface area contributed by atoms with E-state index < -0.39 is 0 Å². The summed E-state index contributed by atoms with van der Waals surface area (Å²) in [5.41, 5.74) is 0.630. The van der Waals surface area contributed by atoms with Gasteiger partial charge in [-0.15, -0.1) is 0 Å². The molecule has 2 rings (SSSR count). The number of H-pyrrole nitrogens is 1. The quantitative estimate of drug-likeness (QED) is 0.675. The maximum atomic E-state index is 11.1. The van der Waals surface area contributed by atoms with E-state index in [4.69, 9.17) is 12.2 Å². The smallest absolute Gasteiger partial charge is 0.251 e. The fourth-order valence-electron chi connectivity index (χ4n) is 1.36. The molecular formula is C10H5Br3N2OS. The molecule has 0 saturated heterocycles. The summed E-state index contributed by atoms with van der Waals surface area (Å²) in [5.74, 6) is 0. The highest BCUT2D eigenvalue weighted by Crippen LogP contribution is 2.32. The third kappa shape index (κ3) is 2.78. The molecule has 1 aromatic heterocycles. The molecule has 0 aliphatic heterocycles. The predicted molar refractivity (Wildman–Crippen MR) is 80.3 cm³/mol. The van der Waals surface area contributed by atoms with Crippen LogP contribution in [0.3, 0.4) is 0 Å². The molecule has 2 aromatic rings. The van der Waals surface area contributed by atoms with Gasteiger partial charge < -0.3 is 0 Å². The minimum absolute atomic E-state index is 0.212. The van der Waals surface area contributed by atoms with Crippen LogP contribution in [0.25, 0.3) is 5.69 Å². The van der Waals surface area contributed by atoms with Crippen molar-refractivity contribution >= 4 is 60.0 Å². The van der Waals surface area contributed by atoms with Crippen molar-refractivity contribution < 1.29 is 0 Å². The Balaban J connectivity index is 2.77. The highest BCUT2D eigenvalue weighted by atomic mass is 79.9. The maximum Gasteiger partial charge on any atom is 0.251 e. The van der Waals surface area contributed by atoms with Crippen LogP contribution in [-0.2, 0) is 0 Å². The molecule has 0 unspecified atom stereocenters. The monoisotopic (exact) mass is 438 g/mol. The molecule has 1 N–H and O–H groups in total. The van der Waals surface area contributed by atoms with Crippen LogP contribution in [0, 0.1) is 4.77 Å². The molecule has 0 fully saturated rings. The van der Waals surface area contributed by atoms with Gasteiger partial charge in [0.05, 0.1) is 5.69 Å². The third-order valence-electron chi connectivity index (χ3n) is 2.05. The second-order valence-corrected chi connectivity index (χ2v) is 6.21. The number of rotatable bonds is 1. The average molecular weight is 441 g/mol. The van der Waals surface area contributed by atoms with Gasteiger partial charge in [-0.25, -0.2) is 0 Å². The molecule has 0 aliphatic carbocycles. The summed E-state index contributed by atoms with van der Waals surface area (Å²) in [6.07, 6.45) is 1.64. The van der Waals surface area contributed by atoms with Crippen molar-refractivity contribution in [2.45, 2.75) is 0 Å². The Hall–Kier alpha value is -0.240. The van der Waals surface area contributed by atoms with Crippen molar-refractivity contribution in [2.75, 3.05) is 0 Å². The van der Waals surface area contributed by atoms with Crippen LogP contribution >= 0.6 is 60.0 Å². The van der Waals surface area contributed by atoms with Gasteiger partial charge in [-0.05, 0) is 56.2 Å². The number of hydrogen-bond acceptors (Lipinski definition) is 2. The molecule has 1 heterocycles. The summed E-state index contributed by atoms with van der Waals surface area (Å²) < 4.78 is 4.73. The minimum atomic E-state index is -0.212. The molecule has 0 atom stereocenters. The molecule has 88 valence electrons. The molecular weight excluding hydrogens is 436 g/mol. The molecule has 0 spiro atoms. The van der Waals surface area contributed by atoms with Crippen LogP contribution in [-0.4, -0.2) is 9.55 Å². The average Bonchev–Trinajstić information content (AvgIpc) is 2.19. The van der Waals surface area contributed by atoms with Crippen molar-refractivity contribution in [3.05, 3.63) is 52.9 Å². The molecule has 3 nitrogen and oxygen atoms in total. The minimum Gasteiger partial charge on any atom is -0.299 e. The zero-order chi connectivity index (χ0) is 12.6. The summed E-state index contributed by atoms with van der Waals surface area (Å²) in [6.45, 7) is 0. The van der Waals surface area contributed by atoms with Gasteiger partial charge in [-0.1, -0.05) is 15.9 Å². The number of hydrogen-bond donors (Lipinski definition) is 1. The Labute approximate surface area is 127 Å². The molecule has 0 radical (unpaired) electrons. The molecule has 0 saturated carbocycles. The van der Waals surface area contributed by atoms with Crippen LogP contribution in [0.5, 0.6) is 0 Å². The Morgan fingerprint density at radius 1 is 1.18 bits per heavy atom. The Morgan fingerprint density at radius 2 is 1.76 bits per heavy atom. The SMILES string of the molecule is O=c1ccn(-c2c(Br)cc(Br)cc2Br)c(=S)[nH]1. The van der Waals surface area contributed by atoms with E-state index in [-0.39, 0.29) is 5.56 Å². The number of aromatic amines is 1. The fourth-order valence-corrected chi connectivity index (χ4v) is 4.25. The normalized spacial score (nSPS) is 10.5. The van der Waals surface area contributed by atoms with Crippen molar-refractivity contribution in [3.63, 3.8) is 0 Å². The van der Waals surface area contributed by atoms with E-state index >= 15 is 0 Å². The van der Waals surface area contributed by atoms with Crippen LogP contribution in [0.4, 0.5) is 0 Å². The molecule has 1 aromatic carbocycles. The maximum absolute atomic E-state index is 11.1. The van der Waals surface area contributed by atoms with Gasteiger partial charge in [0, 0.05) is 25.7 Å². The van der Waals surface area contributed by atoms with Gasteiger partial charge >= 0.3 is 0 Å². The van der Waals surface area contributed by atoms with Gasteiger partial charge in [0.1, 0.15) is 0 Å². The lowest BCUT2D eigenvalue weighted by Gasteiger charge is -2.11. The van der Waals surface area contributed by atoms with Crippen molar-refractivity contribution in [1.29, 1.82) is 0 Å². The van der Waals surface area contributed by atoms with Crippen LogP contribution in [0.1, 0.15) is 0 Å². The van der Waals surface area contributed by atoms with Crippen molar-refractivity contribution in [3.8, 4) is 5.69 Å². The first-order valence-corrected chi connectivity index (χ1v) is 7.24. The van der Waals surface area contributed by atoms with E-state index in [9.17, 15) is 4.79 Å². The number of halogens is 3. The predicted octanol–water partition coefficient (Wildman–Crippen LogP) is 4.18. The summed E-state index contributed by atoms with van der Waals surface area (Å²) in [4.78, 5) is 13.7. The molecule has 17 heavy (non-hydrogen) atoms. The third-order valence-corrected chi connectivity index (χ3v) is 4.01. The van der Waals surface area contributed by atoms with Gasteiger partial charge in [0.15, 0.2) is 4.77 Å². The Kier molecular flexibility index (Phi) is 4.02. The first-order valence-electron chi connectivity index (χ1n) is 4.46. The fraction of sp³-hybridized carbons (Fsp3) is 0. The Bertz CT molecular complexity index is 669. The van der Waals surface area contributed by atoms with E-state index in [0.717, 1.165) is 19.1 Å². The van der Waals surface area contributed by atoms with E-state index in [1.807, 2.05) is 12.1 Å². The van der Waals surface area contributed by atoms with Gasteiger partial charge in [0.2, 0.25) is 0 Å². The number of nitrogens with one attached hydrogen (secondary N) is 1. The lowest BCUT2D eigenvalue weighted by Crippen LogP contribution is -2.10. The molecule has 0 amide bonds. The summed E-state index contributed by atoms with van der Waals surface area (Å²) in [6, 6.07) is 5.25.